The molecule has 1 N–H and O–H groups in total. The topological polar surface area (TPSA) is 53.8 Å². The van der Waals surface area contributed by atoms with Crippen LogP contribution < -0.4 is 5.32 Å². The molecule has 0 aromatic heterocycles. The van der Waals surface area contributed by atoms with Gasteiger partial charge in [0.2, 0.25) is 5.91 Å². The Morgan fingerprint density at radius 1 is 1.28 bits per heavy atom. The summed E-state index contributed by atoms with van der Waals surface area (Å²) in [6, 6.07) is 8.26. The Bertz CT molecular complexity index is 565. The Morgan fingerprint density at radius 3 is 2.89 bits per heavy atom. The van der Waals surface area contributed by atoms with Gasteiger partial charge in [-0.3, -0.25) is 4.79 Å². The van der Waals surface area contributed by atoms with Crippen LogP contribution in [-0.4, -0.2) is 22.0 Å². The molecule has 1 saturated heterocycles. The van der Waals surface area contributed by atoms with Crippen LogP contribution in [0.1, 0.15) is 24.5 Å². The highest BCUT2D eigenvalue weighted by molar-refractivity contribution is 8.15. The summed E-state index contributed by atoms with van der Waals surface area (Å²) in [4.78, 5) is 11.3. The number of thioether (sulfide) groups is 1. The van der Waals surface area contributed by atoms with E-state index in [1.807, 2.05) is 19.1 Å². The van der Waals surface area contributed by atoms with E-state index in [0.29, 0.717) is 5.17 Å². The molecular weight excluding hydrogens is 246 g/mol. The van der Waals surface area contributed by atoms with E-state index < -0.39 is 0 Å². The van der Waals surface area contributed by atoms with Crippen molar-refractivity contribution in [2.45, 2.75) is 25.0 Å². The van der Waals surface area contributed by atoms with Crippen molar-refractivity contribution in [2.75, 3.05) is 0 Å². The van der Waals surface area contributed by atoms with Gasteiger partial charge in [0.05, 0.1) is 11.0 Å². The molecule has 1 aromatic carbocycles. The minimum atomic E-state index is -0.0696. The van der Waals surface area contributed by atoms with Crippen LogP contribution in [0.25, 0.3) is 0 Å². The second-order valence-electron chi connectivity index (χ2n) is 4.36. The van der Waals surface area contributed by atoms with Crippen LogP contribution in [0.2, 0.25) is 0 Å². The summed E-state index contributed by atoms with van der Waals surface area (Å²) in [6.45, 7) is 1.86. The lowest BCUT2D eigenvalue weighted by molar-refractivity contribution is -0.118. The summed E-state index contributed by atoms with van der Waals surface area (Å²) in [5, 5.41) is 11.7. The molecule has 2 aliphatic rings. The first-order chi connectivity index (χ1) is 8.74. The number of carbonyl (C=O) groups excluding carboxylic acids is 1. The summed E-state index contributed by atoms with van der Waals surface area (Å²) in [7, 11) is 0. The van der Waals surface area contributed by atoms with Crippen molar-refractivity contribution in [3.63, 3.8) is 0 Å². The van der Waals surface area contributed by atoms with E-state index in [1.54, 1.807) is 0 Å². The standard InChI is InChI=1S/C13H13N3OS/c1-8-12(17)14-13(18-8)16-15-11-7-6-9-4-2-3-5-10(9)11/h2-5,8H,6-7H2,1H3,(H,14,16,17)/b15-11-. The van der Waals surface area contributed by atoms with E-state index in [-0.39, 0.29) is 11.2 Å². The Morgan fingerprint density at radius 2 is 2.11 bits per heavy atom. The molecule has 0 radical (unpaired) electrons. The SMILES string of the molecule is CC1S/C(=N/N=C2/CCc3ccccc32)NC1=O. The maximum Gasteiger partial charge on any atom is 0.239 e. The molecule has 0 bridgehead atoms. The summed E-state index contributed by atoms with van der Waals surface area (Å²) in [5.74, 6) is 0.00534. The minimum Gasteiger partial charge on any atom is -0.303 e. The highest BCUT2D eigenvalue weighted by Gasteiger charge is 2.26. The van der Waals surface area contributed by atoms with Gasteiger partial charge in [-0.05, 0) is 25.3 Å². The average molecular weight is 259 g/mol. The third kappa shape index (κ3) is 2.06. The molecule has 1 aliphatic carbocycles. The number of fused-ring (bicyclic) bond motifs is 1. The lowest BCUT2D eigenvalue weighted by Crippen LogP contribution is -2.23. The number of nitrogens with one attached hydrogen (secondary N) is 1. The van der Waals surface area contributed by atoms with Crippen molar-refractivity contribution >= 4 is 28.5 Å². The van der Waals surface area contributed by atoms with Crippen LogP contribution >= 0.6 is 11.8 Å². The second-order valence-corrected chi connectivity index (χ2v) is 5.69. The van der Waals surface area contributed by atoms with Crippen LogP contribution in [-0.2, 0) is 11.2 Å². The number of rotatable bonds is 1. The molecule has 5 heteroatoms. The van der Waals surface area contributed by atoms with E-state index in [4.69, 9.17) is 0 Å². The summed E-state index contributed by atoms with van der Waals surface area (Å²) in [6.07, 6.45) is 1.94. The molecule has 3 rings (SSSR count). The van der Waals surface area contributed by atoms with Gasteiger partial charge in [0.15, 0.2) is 5.17 Å². The van der Waals surface area contributed by atoms with Gasteiger partial charge in [-0.25, -0.2) is 0 Å². The Labute approximate surface area is 110 Å². The Hall–Kier alpha value is -1.62. The van der Waals surface area contributed by atoms with Crippen molar-refractivity contribution < 1.29 is 4.79 Å². The van der Waals surface area contributed by atoms with Crippen LogP contribution in [0.3, 0.4) is 0 Å². The fourth-order valence-corrected chi connectivity index (χ4v) is 2.87. The number of aryl methyl sites for hydroxylation is 1. The van der Waals surface area contributed by atoms with E-state index in [9.17, 15) is 4.79 Å². The molecule has 1 unspecified atom stereocenters. The average Bonchev–Trinajstić information content (AvgIpc) is 2.92. The number of benzene rings is 1. The number of hydrogen-bond donors (Lipinski definition) is 1. The molecule has 0 spiro atoms. The molecule has 1 fully saturated rings. The number of hydrogen-bond acceptors (Lipinski definition) is 4. The van der Waals surface area contributed by atoms with Gasteiger partial charge >= 0.3 is 0 Å². The zero-order valence-corrected chi connectivity index (χ0v) is 10.8. The van der Waals surface area contributed by atoms with Gasteiger partial charge in [-0.1, -0.05) is 36.0 Å². The first kappa shape index (κ1) is 11.5. The summed E-state index contributed by atoms with van der Waals surface area (Å²) in [5.41, 5.74) is 3.52. The van der Waals surface area contributed by atoms with E-state index in [0.717, 1.165) is 18.6 Å². The molecule has 18 heavy (non-hydrogen) atoms. The largest absolute Gasteiger partial charge is 0.303 e. The molecule has 1 amide bonds. The first-order valence-corrected chi connectivity index (χ1v) is 6.82. The summed E-state index contributed by atoms with van der Waals surface area (Å²) >= 11 is 1.42. The van der Waals surface area contributed by atoms with Crippen LogP contribution in [0, 0.1) is 0 Å². The maximum absolute atomic E-state index is 11.3. The second kappa shape index (κ2) is 4.57. The zero-order chi connectivity index (χ0) is 12.5. The number of carbonyl (C=O) groups is 1. The van der Waals surface area contributed by atoms with Crippen LogP contribution in [0.4, 0.5) is 0 Å². The highest BCUT2D eigenvalue weighted by Crippen LogP contribution is 2.23. The van der Waals surface area contributed by atoms with Crippen molar-refractivity contribution in [1.29, 1.82) is 0 Å². The smallest absolute Gasteiger partial charge is 0.239 e. The van der Waals surface area contributed by atoms with Gasteiger partial charge in [-0.15, -0.1) is 5.10 Å². The molecule has 0 saturated carbocycles. The normalized spacial score (nSPS) is 26.7. The van der Waals surface area contributed by atoms with Crippen LogP contribution in [0.5, 0.6) is 0 Å². The van der Waals surface area contributed by atoms with E-state index in [2.05, 4.69) is 27.7 Å². The monoisotopic (exact) mass is 259 g/mol. The predicted molar refractivity (Wildman–Crippen MR) is 73.9 cm³/mol. The molecular formula is C13H13N3OS. The van der Waals surface area contributed by atoms with Crippen molar-refractivity contribution in [1.82, 2.24) is 5.32 Å². The molecule has 1 aromatic rings. The van der Waals surface area contributed by atoms with E-state index >= 15 is 0 Å². The number of amidine groups is 1. The number of nitrogens with zero attached hydrogens (tertiary/aromatic N) is 2. The van der Waals surface area contributed by atoms with Gasteiger partial charge in [0, 0.05) is 5.56 Å². The lowest BCUT2D eigenvalue weighted by Gasteiger charge is -1.97. The third-order valence-electron chi connectivity index (χ3n) is 3.11. The van der Waals surface area contributed by atoms with Crippen molar-refractivity contribution in [2.24, 2.45) is 10.2 Å². The van der Waals surface area contributed by atoms with E-state index in [1.165, 1.54) is 22.9 Å². The summed E-state index contributed by atoms with van der Waals surface area (Å²) < 4.78 is 0. The van der Waals surface area contributed by atoms with Crippen molar-refractivity contribution in [3.05, 3.63) is 35.4 Å². The van der Waals surface area contributed by atoms with Gasteiger partial charge in [-0.2, -0.15) is 5.10 Å². The molecule has 1 aliphatic heterocycles. The fraction of sp³-hybridized carbons (Fsp3) is 0.308. The Kier molecular flexibility index (Phi) is 2.91. The fourth-order valence-electron chi connectivity index (χ4n) is 2.12. The van der Waals surface area contributed by atoms with Crippen molar-refractivity contribution in [3.8, 4) is 0 Å². The highest BCUT2D eigenvalue weighted by atomic mass is 32.2. The van der Waals surface area contributed by atoms with Gasteiger partial charge in [0.25, 0.3) is 0 Å². The van der Waals surface area contributed by atoms with Crippen LogP contribution in [0.15, 0.2) is 34.5 Å². The number of amides is 1. The minimum absolute atomic E-state index is 0.00534. The lowest BCUT2D eigenvalue weighted by atomic mass is 10.1. The molecule has 1 atom stereocenters. The maximum atomic E-state index is 11.3. The first-order valence-electron chi connectivity index (χ1n) is 5.94. The Balaban J connectivity index is 1.83. The zero-order valence-electron chi connectivity index (χ0n) is 10.0. The predicted octanol–water partition coefficient (Wildman–Crippen LogP) is 1.94. The molecule has 4 nitrogen and oxygen atoms in total. The molecule has 1 heterocycles. The third-order valence-corrected chi connectivity index (χ3v) is 4.08. The molecule has 92 valence electrons. The quantitative estimate of drug-likeness (QED) is 0.784. The van der Waals surface area contributed by atoms with Gasteiger partial charge in [0.1, 0.15) is 0 Å². The van der Waals surface area contributed by atoms with Gasteiger partial charge < -0.3 is 5.32 Å².